The predicted octanol–water partition coefficient (Wildman–Crippen LogP) is 1.95. The molecule has 146 valence electrons. The lowest BCUT2D eigenvalue weighted by molar-refractivity contribution is 0.355. The highest BCUT2D eigenvalue weighted by molar-refractivity contribution is 7.16. The van der Waals surface area contributed by atoms with Crippen LogP contribution < -0.4 is 24.9 Å². The predicted molar refractivity (Wildman–Crippen MR) is 115 cm³/mol. The van der Waals surface area contributed by atoms with Crippen LogP contribution in [-0.2, 0) is 0 Å². The third-order valence-electron chi connectivity index (χ3n) is 4.95. The van der Waals surface area contributed by atoms with Gasteiger partial charge in [0.15, 0.2) is 30.1 Å². The van der Waals surface area contributed by atoms with Crippen LogP contribution >= 0.6 is 11.3 Å². The van der Waals surface area contributed by atoms with E-state index >= 15 is 0 Å². The number of nitrogens with zero attached hydrogens (tertiary/aromatic N) is 4. The molecule has 0 bridgehead atoms. The number of hydrogen-bond acceptors (Lipinski definition) is 9. The van der Waals surface area contributed by atoms with Gasteiger partial charge in [0.25, 0.3) is 0 Å². The van der Waals surface area contributed by atoms with Crippen molar-refractivity contribution in [3.63, 3.8) is 0 Å². The van der Waals surface area contributed by atoms with Gasteiger partial charge in [-0.2, -0.15) is 9.97 Å². The largest absolute Gasteiger partial charge is 0.493 e. The molecule has 1 atom stereocenters. The third-order valence-corrected chi connectivity index (χ3v) is 5.66. The van der Waals surface area contributed by atoms with Crippen molar-refractivity contribution in [2.45, 2.75) is 18.9 Å². The monoisotopic (exact) mass is 398 g/mol. The molecule has 0 saturated carbocycles. The van der Waals surface area contributed by atoms with E-state index in [1.807, 2.05) is 26.2 Å². The van der Waals surface area contributed by atoms with Crippen molar-refractivity contribution in [2.24, 2.45) is 0 Å². The van der Waals surface area contributed by atoms with Crippen molar-refractivity contribution in [2.75, 3.05) is 37.5 Å². The maximum Gasteiger partial charge on any atom is 0.228 e. The topological polar surface area (TPSA) is 84.4 Å². The first-order chi connectivity index (χ1) is 13.7. The van der Waals surface area contributed by atoms with Gasteiger partial charge in [-0.15, -0.1) is 11.3 Å². The van der Waals surface area contributed by atoms with Gasteiger partial charge in [-0.05, 0) is 25.0 Å². The van der Waals surface area contributed by atoms with E-state index in [0.29, 0.717) is 23.4 Å². The molecule has 4 rings (SSSR count). The molecule has 0 aliphatic carbocycles. The lowest BCUT2D eigenvalue weighted by atomic mass is 10.0. The van der Waals surface area contributed by atoms with E-state index in [-0.39, 0.29) is 0 Å². The number of thiazole rings is 1. The van der Waals surface area contributed by atoms with Crippen LogP contribution in [0, 0.1) is 0 Å². The molecule has 1 aromatic carbocycles. The van der Waals surface area contributed by atoms with E-state index in [4.69, 9.17) is 19.4 Å². The second-order valence-electron chi connectivity index (χ2n) is 6.65. The van der Waals surface area contributed by atoms with Crippen LogP contribution in [0.3, 0.4) is 0 Å². The first-order valence-electron chi connectivity index (χ1n) is 9.24. The minimum Gasteiger partial charge on any atom is -0.493 e. The van der Waals surface area contributed by atoms with E-state index < -0.39 is 0 Å². The Labute approximate surface area is 168 Å². The summed E-state index contributed by atoms with van der Waals surface area (Å²) in [5.41, 5.74) is 3.42. The minimum atomic E-state index is 0.455. The Morgan fingerprint density at radius 3 is 2.86 bits per heavy atom. The van der Waals surface area contributed by atoms with Gasteiger partial charge in [0, 0.05) is 30.9 Å². The fourth-order valence-corrected chi connectivity index (χ4v) is 4.08. The zero-order chi connectivity index (χ0) is 19.5. The Balaban J connectivity index is 1.68. The zero-order valence-electron chi connectivity index (χ0n) is 16.2. The molecule has 0 amide bonds. The quantitative estimate of drug-likeness (QED) is 0.610. The Morgan fingerprint density at radius 1 is 1.21 bits per heavy atom. The van der Waals surface area contributed by atoms with Gasteiger partial charge in [0.05, 0.1) is 19.7 Å². The van der Waals surface area contributed by atoms with Crippen molar-refractivity contribution in [3.8, 4) is 11.5 Å². The molecule has 2 aromatic heterocycles. The molecule has 1 fully saturated rings. The van der Waals surface area contributed by atoms with Crippen LogP contribution in [0.5, 0.6) is 11.5 Å². The van der Waals surface area contributed by atoms with Gasteiger partial charge >= 0.3 is 0 Å². The maximum absolute atomic E-state index is 5.40. The lowest BCUT2D eigenvalue weighted by Gasteiger charge is -2.32. The van der Waals surface area contributed by atoms with Gasteiger partial charge in [0.1, 0.15) is 5.52 Å². The summed E-state index contributed by atoms with van der Waals surface area (Å²) >= 11 is 1.52. The van der Waals surface area contributed by atoms with Gasteiger partial charge in [-0.25, -0.2) is 4.98 Å². The second-order valence-corrected chi connectivity index (χ2v) is 7.48. The van der Waals surface area contributed by atoms with Crippen molar-refractivity contribution < 1.29 is 9.47 Å². The second kappa shape index (κ2) is 8.20. The highest BCUT2D eigenvalue weighted by Gasteiger charge is 2.22. The Morgan fingerprint density at radius 2 is 2.07 bits per heavy atom. The molecule has 3 heterocycles. The fourth-order valence-electron chi connectivity index (χ4n) is 3.42. The molecule has 0 spiro atoms. The molecule has 28 heavy (non-hydrogen) atoms. The molecule has 1 saturated heterocycles. The molecule has 1 aliphatic heterocycles. The standard InChI is InChI=1S/C18H23BN6O2S/c1-26-13-6-5-11(8-14(13)27-2)21-16-15-17(28-10-20-15)23-18(22-16)25-7-3-4-12(9-25)24-19/h5-6,8,10,12,24H,3-4,7,9,19H2,1-2H3,(H,21,22,23). The van der Waals surface area contributed by atoms with Gasteiger partial charge < -0.3 is 24.9 Å². The number of aromatic nitrogens is 3. The number of anilines is 3. The van der Waals surface area contributed by atoms with E-state index in [2.05, 4.69) is 20.4 Å². The van der Waals surface area contributed by atoms with Crippen LogP contribution in [0.4, 0.5) is 17.5 Å². The average molecular weight is 398 g/mol. The number of hydrogen-bond donors (Lipinski definition) is 2. The summed E-state index contributed by atoms with van der Waals surface area (Å²) in [6, 6.07) is 6.14. The van der Waals surface area contributed by atoms with Crippen LogP contribution in [0.25, 0.3) is 10.3 Å². The number of fused-ring (bicyclic) bond motifs is 1. The number of rotatable bonds is 6. The van der Waals surface area contributed by atoms with E-state index in [1.54, 1.807) is 19.7 Å². The van der Waals surface area contributed by atoms with E-state index in [0.717, 1.165) is 41.5 Å². The van der Waals surface area contributed by atoms with Crippen LogP contribution in [0.2, 0.25) is 0 Å². The first-order valence-corrected chi connectivity index (χ1v) is 10.1. The molecule has 2 N–H and O–H groups in total. The average Bonchev–Trinajstić information content (AvgIpc) is 3.22. The molecule has 3 aromatic rings. The SMILES string of the molecule is BNC1CCCN(c2nc(Nc3ccc(OC)c(OC)c3)c3ncsc3n2)C1. The molecule has 1 aliphatic rings. The summed E-state index contributed by atoms with van der Waals surface area (Å²) in [5.74, 6) is 2.77. The number of methoxy groups -OCH3 is 2. The number of ether oxygens (including phenoxy) is 2. The first kappa shape index (κ1) is 18.8. The van der Waals surface area contributed by atoms with Crippen molar-refractivity contribution in [3.05, 3.63) is 23.7 Å². The summed E-state index contributed by atoms with van der Waals surface area (Å²) in [5, 5.41) is 6.74. The van der Waals surface area contributed by atoms with E-state index in [1.165, 1.54) is 17.8 Å². The lowest BCUT2D eigenvalue weighted by Crippen LogP contribution is -2.45. The molecule has 8 nitrogen and oxygen atoms in total. The summed E-state index contributed by atoms with van der Waals surface area (Å²) in [7, 11) is 5.25. The molecule has 0 radical (unpaired) electrons. The smallest absolute Gasteiger partial charge is 0.228 e. The van der Waals surface area contributed by atoms with Gasteiger partial charge in [-0.3, -0.25) is 0 Å². The van der Waals surface area contributed by atoms with Crippen molar-refractivity contribution in [1.29, 1.82) is 0 Å². The highest BCUT2D eigenvalue weighted by Crippen LogP contribution is 2.33. The number of piperidine rings is 1. The van der Waals surface area contributed by atoms with Crippen LogP contribution in [0.15, 0.2) is 23.7 Å². The molecule has 10 heteroatoms. The van der Waals surface area contributed by atoms with Gasteiger partial charge in [-0.1, -0.05) is 0 Å². The Kier molecular flexibility index (Phi) is 5.49. The van der Waals surface area contributed by atoms with Crippen LogP contribution in [0.1, 0.15) is 12.8 Å². The number of nitrogens with one attached hydrogen (secondary N) is 2. The third kappa shape index (κ3) is 3.70. The summed E-state index contributed by atoms with van der Waals surface area (Å²) in [6.45, 7) is 1.86. The van der Waals surface area contributed by atoms with Crippen molar-refractivity contribution >= 4 is 47.1 Å². The maximum atomic E-state index is 5.40. The fraction of sp³-hybridized carbons (Fsp3) is 0.389. The summed E-state index contributed by atoms with van der Waals surface area (Å²) in [6.07, 6.45) is 2.29. The Hall–Kier alpha value is -2.59. The Bertz CT molecular complexity index is 968. The normalized spacial score (nSPS) is 16.9. The highest BCUT2D eigenvalue weighted by atomic mass is 32.1. The van der Waals surface area contributed by atoms with E-state index in [9.17, 15) is 0 Å². The zero-order valence-corrected chi connectivity index (χ0v) is 17.0. The molecular formula is C18H23BN6O2S. The summed E-state index contributed by atoms with van der Waals surface area (Å²) < 4.78 is 10.7. The van der Waals surface area contributed by atoms with Crippen LogP contribution in [-0.4, -0.2) is 56.3 Å². The molecular weight excluding hydrogens is 375 g/mol. The van der Waals surface area contributed by atoms with Crippen molar-refractivity contribution in [1.82, 2.24) is 20.2 Å². The number of benzene rings is 1. The minimum absolute atomic E-state index is 0.455. The van der Waals surface area contributed by atoms with Gasteiger partial charge in [0.2, 0.25) is 5.95 Å². The summed E-state index contributed by atoms with van der Waals surface area (Å²) in [4.78, 5) is 17.1. The molecule has 1 unspecified atom stereocenters.